The first kappa shape index (κ1) is 19.9. The standard InChI is InChI=1S/C22H26N4O2S/c1-2-25-9-11-26(12-10-25)14-16-3-6-18(7-4-16)23-22(28)17-5-8-20-19(13-17)24-21(27)15-29-20/h3-8,13H,2,9-12,14-15H2,1H3,(H,23,28)(H,24,27). The summed E-state index contributed by atoms with van der Waals surface area (Å²) >= 11 is 1.49. The molecule has 2 aromatic carbocycles. The molecule has 2 aromatic rings. The van der Waals surface area contributed by atoms with Crippen LogP contribution < -0.4 is 10.6 Å². The van der Waals surface area contributed by atoms with Gasteiger partial charge in [0.25, 0.3) is 5.91 Å². The van der Waals surface area contributed by atoms with E-state index >= 15 is 0 Å². The number of likely N-dealkylation sites (N-methyl/N-ethyl adjacent to an activating group) is 1. The predicted molar refractivity (Wildman–Crippen MR) is 118 cm³/mol. The lowest BCUT2D eigenvalue weighted by Gasteiger charge is -2.34. The molecule has 0 atom stereocenters. The molecule has 0 saturated carbocycles. The summed E-state index contributed by atoms with van der Waals surface area (Å²) < 4.78 is 0. The molecule has 0 aromatic heterocycles. The van der Waals surface area contributed by atoms with Crippen LogP contribution in [0.2, 0.25) is 0 Å². The number of piperazine rings is 1. The predicted octanol–water partition coefficient (Wildman–Crippen LogP) is 3.12. The molecule has 2 amide bonds. The van der Waals surface area contributed by atoms with Gasteiger partial charge in [-0.1, -0.05) is 19.1 Å². The molecule has 152 valence electrons. The number of benzene rings is 2. The molecule has 6 nitrogen and oxygen atoms in total. The Hall–Kier alpha value is -2.35. The first-order valence-corrected chi connectivity index (χ1v) is 11.0. The Morgan fingerprint density at radius 3 is 2.52 bits per heavy atom. The molecule has 0 aliphatic carbocycles. The number of hydrogen-bond donors (Lipinski definition) is 2. The number of rotatable bonds is 5. The third-order valence-corrected chi connectivity index (χ3v) is 6.48. The summed E-state index contributed by atoms with van der Waals surface area (Å²) in [5.74, 6) is 0.201. The van der Waals surface area contributed by atoms with E-state index < -0.39 is 0 Å². The lowest BCUT2D eigenvalue weighted by atomic mass is 10.1. The minimum Gasteiger partial charge on any atom is -0.324 e. The maximum Gasteiger partial charge on any atom is 0.255 e. The van der Waals surface area contributed by atoms with E-state index in [1.165, 1.54) is 17.3 Å². The second kappa shape index (κ2) is 8.98. The van der Waals surface area contributed by atoms with E-state index in [0.29, 0.717) is 17.0 Å². The molecule has 4 rings (SSSR count). The summed E-state index contributed by atoms with van der Waals surface area (Å²) in [5, 5.41) is 5.77. The number of thioether (sulfide) groups is 1. The fraction of sp³-hybridized carbons (Fsp3) is 0.364. The van der Waals surface area contributed by atoms with Gasteiger partial charge in [-0.2, -0.15) is 0 Å². The van der Waals surface area contributed by atoms with Crippen molar-refractivity contribution in [1.82, 2.24) is 9.80 Å². The van der Waals surface area contributed by atoms with Crippen LogP contribution in [-0.4, -0.2) is 60.1 Å². The van der Waals surface area contributed by atoms with E-state index in [4.69, 9.17) is 0 Å². The summed E-state index contributed by atoms with van der Waals surface area (Å²) in [7, 11) is 0. The molecule has 0 bridgehead atoms. The molecular weight excluding hydrogens is 384 g/mol. The molecule has 0 spiro atoms. The van der Waals surface area contributed by atoms with Gasteiger partial charge in [0.05, 0.1) is 11.4 Å². The molecule has 7 heteroatoms. The minimum absolute atomic E-state index is 0.0354. The highest BCUT2D eigenvalue weighted by atomic mass is 32.2. The molecule has 2 aliphatic heterocycles. The Labute approximate surface area is 175 Å². The van der Waals surface area contributed by atoms with Crippen molar-refractivity contribution in [3.05, 3.63) is 53.6 Å². The molecular formula is C22H26N4O2S. The number of nitrogens with zero attached hydrogens (tertiary/aromatic N) is 2. The molecule has 1 fully saturated rings. The zero-order valence-electron chi connectivity index (χ0n) is 16.6. The van der Waals surface area contributed by atoms with Crippen LogP contribution in [0.4, 0.5) is 11.4 Å². The van der Waals surface area contributed by atoms with Crippen LogP contribution in [0, 0.1) is 0 Å². The average Bonchev–Trinajstić information content (AvgIpc) is 2.75. The lowest BCUT2D eigenvalue weighted by Crippen LogP contribution is -2.45. The number of carbonyl (C=O) groups excluding carboxylic acids is 2. The Bertz CT molecular complexity index is 892. The lowest BCUT2D eigenvalue weighted by molar-refractivity contribution is -0.113. The van der Waals surface area contributed by atoms with Crippen LogP contribution in [0.15, 0.2) is 47.4 Å². The number of hydrogen-bond acceptors (Lipinski definition) is 5. The Morgan fingerprint density at radius 1 is 1.07 bits per heavy atom. The maximum absolute atomic E-state index is 12.6. The average molecular weight is 411 g/mol. The summed E-state index contributed by atoms with van der Waals surface area (Å²) in [5.41, 5.74) is 3.26. The van der Waals surface area contributed by atoms with Gasteiger partial charge in [-0.15, -0.1) is 11.8 Å². The van der Waals surface area contributed by atoms with Gasteiger partial charge < -0.3 is 15.5 Å². The van der Waals surface area contributed by atoms with Crippen molar-refractivity contribution in [2.75, 3.05) is 49.1 Å². The Morgan fingerprint density at radius 2 is 1.79 bits per heavy atom. The summed E-state index contributed by atoms with van der Waals surface area (Å²) in [6.45, 7) is 8.72. The van der Waals surface area contributed by atoms with Crippen molar-refractivity contribution < 1.29 is 9.59 Å². The van der Waals surface area contributed by atoms with Gasteiger partial charge in [0.2, 0.25) is 5.91 Å². The van der Waals surface area contributed by atoms with E-state index in [9.17, 15) is 9.59 Å². The highest BCUT2D eigenvalue weighted by molar-refractivity contribution is 8.00. The second-order valence-electron chi connectivity index (χ2n) is 7.41. The molecule has 0 radical (unpaired) electrons. The van der Waals surface area contributed by atoms with Crippen molar-refractivity contribution in [2.45, 2.75) is 18.4 Å². The van der Waals surface area contributed by atoms with Crippen molar-refractivity contribution >= 4 is 35.0 Å². The number of fused-ring (bicyclic) bond motifs is 1. The molecule has 0 unspecified atom stereocenters. The van der Waals surface area contributed by atoms with Crippen molar-refractivity contribution in [3.63, 3.8) is 0 Å². The zero-order valence-corrected chi connectivity index (χ0v) is 17.4. The van der Waals surface area contributed by atoms with Gasteiger partial charge in [0.15, 0.2) is 0 Å². The first-order valence-electron chi connectivity index (χ1n) is 10.0. The highest BCUT2D eigenvalue weighted by Gasteiger charge is 2.18. The van der Waals surface area contributed by atoms with Crippen LogP contribution in [0.25, 0.3) is 0 Å². The van der Waals surface area contributed by atoms with E-state index in [1.54, 1.807) is 12.1 Å². The third-order valence-electron chi connectivity index (χ3n) is 5.40. The normalized spacial score (nSPS) is 17.5. The monoisotopic (exact) mass is 410 g/mol. The molecule has 2 N–H and O–H groups in total. The zero-order chi connectivity index (χ0) is 20.2. The van der Waals surface area contributed by atoms with Crippen LogP contribution in [0.5, 0.6) is 0 Å². The number of carbonyl (C=O) groups is 2. The van der Waals surface area contributed by atoms with Gasteiger partial charge in [-0.05, 0) is 42.4 Å². The molecule has 2 aliphatic rings. The van der Waals surface area contributed by atoms with E-state index in [0.717, 1.165) is 49.9 Å². The SMILES string of the molecule is CCN1CCN(Cc2ccc(NC(=O)c3ccc4c(c3)NC(=O)CS4)cc2)CC1. The molecule has 1 saturated heterocycles. The van der Waals surface area contributed by atoms with E-state index in [2.05, 4.69) is 39.5 Å². The summed E-state index contributed by atoms with van der Waals surface area (Å²) in [6, 6.07) is 13.5. The van der Waals surface area contributed by atoms with Crippen molar-refractivity contribution in [2.24, 2.45) is 0 Å². The second-order valence-corrected chi connectivity index (χ2v) is 8.43. The van der Waals surface area contributed by atoms with Gasteiger partial charge in [0.1, 0.15) is 0 Å². The summed E-state index contributed by atoms with van der Waals surface area (Å²) in [4.78, 5) is 30.1. The molecule has 2 heterocycles. The number of amides is 2. The first-order chi connectivity index (χ1) is 14.1. The van der Waals surface area contributed by atoms with Crippen LogP contribution in [-0.2, 0) is 11.3 Å². The Balaban J connectivity index is 1.34. The van der Waals surface area contributed by atoms with Crippen LogP contribution in [0.1, 0.15) is 22.8 Å². The fourth-order valence-corrected chi connectivity index (χ4v) is 4.43. The third kappa shape index (κ3) is 4.98. The van der Waals surface area contributed by atoms with Gasteiger partial charge in [-0.25, -0.2) is 0 Å². The van der Waals surface area contributed by atoms with Gasteiger partial charge in [-0.3, -0.25) is 14.5 Å². The largest absolute Gasteiger partial charge is 0.324 e. The minimum atomic E-state index is -0.180. The van der Waals surface area contributed by atoms with Crippen LogP contribution >= 0.6 is 11.8 Å². The highest BCUT2D eigenvalue weighted by Crippen LogP contribution is 2.32. The van der Waals surface area contributed by atoms with Crippen molar-refractivity contribution in [3.8, 4) is 0 Å². The molecule has 29 heavy (non-hydrogen) atoms. The number of anilines is 2. The number of nitrogens with one attached hydrogen (secondary N) is 2. The smallest absolute Gasteiger partial charge is 0.255 e. The Kier molecular flexibility index (Phi) is 6.18. The van der Waals surface area contributed by atoms with Gasteiger partial charge >= 0.3 is 0 Å². The van der Waals surface area contributed by atoms with E-state index in [-0.39, 0.29) is 11.8 Å². The van der Waals surface area contributed by atoms with Crippen LogP contribution in [0.3, 0.4) is 0 Å². The van der Waals surface area contributed by atoms with Crippen molar-refractivity contribution in [1.29, 1.82) is 0 Å². The summed E-state index contributed by atoms with van der Waals surface area (Å²) in [6.07, 6.45) is 0. The fourth-order valence-electron chi connectivity index (χ4n) is 3.64. The quantitative estimate of drug-likeness (QED) is 0.793. The van der Waals surface area contributed by atoms with Gasteiger partial charge in [0, 0.05) is 48.9 Å². The maximum atomic E-state index is 12.6. The topological polar surface area (TPSA) is 64.7 Å². The van der Waals surface area contributed by atoms with E-state index in [1.807, 2.05) is 18.2 Å².